The Morgan fingerprint density at radius 1 is 0.818 bits per heavy atom. The Morgan fingerprint density at radius 2 is 1.52 bits per heavy atom. The molecule has 4 rings (SSSR count). The van der Waals surface area contributed by atoms with Crippen molar-refractivity contribution in [2.45, 2.75) is 30.7 Å². The third-order valence-corrected chi connectivity index (χ3v) is 5.24. The summed E-state index contributed by atoms with van der Waals surface area (Å²) in [6, 6.07) is 4.99. The van der Waals surface area contributed by atoms with Crippen molar-refractivity contribution in [1.82, 2.24) is 0 Å². The van der Waals surface area contributed by atoms with Gasteiger partial charge in [0, 0.05) is 24.3 Å². The van der Waals surface area contributed by atoms with Crippen LogP contribution < -0.4 is 10.2 Å². The molecule has 1 fully saturated rings. The maximum absolute atomic E-state index is 12.6. The molecule has 12 heteroatoms. The van der Waals surface area contributed by atoms with Gasteiger partial charge in [-0.1, -0.05) is 0 Å². The van der Waals surface area contributed by atoms with E-state index in [-0.39, 0.29) is 28.0 Å². The molecule has 0 saturated carbocycles. The zero-order valence-electron chi connectivity index (χ0n) is 16.7. The van der Waals surface area contributed by atoms with Gasteiger partial charge in [-0.25, -0.2) is 0 Å². The maximum atomic E-state index is 12.6. The minimum atomic E-state index is -1.71. The molecule has 1 aromatic heterocycles. The summed E-state index contributed by atoms with van der Waals surface area (Å²) < 4.78 is 16.3. The molecule has 0 radical (unpaired) electrons. The van der Waals surface area contributed by atoms with Gasteiger partial charge in [0.1, 0.15) is 58.4 Å². The first kappa shape index (κ1) is 22.6. The largest absolute Gasteiger partial charge is 0.507 e. The fourth-order valence-electron chi connectivity index (χ4n) is 3.51. The van der Waals surface area contributed by atoms with E-state index in [0.29, 0.717) is 0 Å². The van der Waals surface area contributed by atoms with Gasteiger partial charge in [0.15, 0.2) is 16.9 Å². The first-order valence-electron chi connectivity index (χ1n) is 9.64. The lowest BCUT2D eigenvalue weighted by Gasteiger charge is -2.39. The molecule has 0 aliphatic carbocycles. The molecule has 8 N–H and O–H groups in total. The summed E-state index contributed by atoms with van der Waals surface area (Å²) in [5.41, 5.74) is -1.02. The lowest BCUT2D eigenvalue weighted by atomic mass is 9.99. The van der Waals surface area contributed by atoms with E-state index in [1.54, 1.807) is 0 Å². The van der Waals surface area contributed by atoms with Crippen LogP contribution in [0.2, 0.25) is 0 Å². The van der Waals surface area contributed by atoms with Crippen LogP contribution in [0.5, 0.6) is 28.7 Å². The molecule has 3 aromatic rings. The number of phenolic OH excluding ortho intramolecular Hbond substituents is 4. The third kappa shape index (κ3) is 4.01. The van der Waals surface area contributed by atoms with E-state index in [9.17, 15) is 45.6 Å². The van der Waals surface area contributed by atoms with Crippen LogP contribution in [-0.2, 0) is 4.74 Å². The number of hydrogen-bond donors (Lipinski definition) is 8. The average molecular weight is 464 g/mol. The highest BCUT2D eigenvalue weighted by Gasteiger charge is 2.44. The van der Waals surface area contributed by atoms with E-state index in [1.807, 2.05) is 0 Å². The molecule has 1 aliphatic heterocycles. The predicted molar refractivity (Wildman–Crippen MR) is 109 cm³/mol. The van der Waals surface area contributed by atoms with Crippen molar-refractivity contribution in [2.24, 2.45) is 0 Å². The topological polar surface area (TPSA) is 211 Å². The molecule has 1 saturated heterocycles. The summed E-state index contributed by atoms with van der Waals surface area (Å²) >= 11 is 0. The predicted octanol–water partition coefficient (Wildman–Crippen LogP) is -0.539. The molecule has 0 bridgehead atoms. The monoisotopic (exact) mass is 464 g/mol. The van der Waals surface area contributed by atoms with Crippen LogP contribution in [0.15, 0.2) is 39.5 Å². The van der Waals surface area contributed by atoms with Gasteiger partial charge in [-0.15, -0.1) is 0 Å². The lowest BCUT2D eigenvalue weighted by molar-refractivity contribution is -0.277. The van der Waals surface area contributed by atoms with Crippen molar-refractivity contribution in [1.29, 1.82) is 0 Å². The summed E-state index contributed by atoms with van der Waals surface area (Å²) in [7, 11) is 0. The highest BCUT2D eigenvalue weighted by Crippen LogP contribution is 2.39. The number of aliphatic hydroxyl groups excluding tert-OH is 4. The summed E-state index contributed by atoms with van der Waals surface area (Å²) in [4.78, 5) is 12.6. The van der Waals surface area contributed by atoms with Crippen molar-refractivity contribution in [3.63, 3.8) is 0 Å². The molecule has 33 heavy (non-hydrogen) atoms. The van der Waals surface area contributed by atoms with Crippen LogP contribution in [0.25, 0.3) is 22.3 Å². The van der Waals surface area contributed by atoms with Crippen LogP contribution in [0.1, 0.15) is 0 Å². The summed E-state index contributed by atoms with van der Waals surface area (Å²) in [6.07, 6.45) is -7.77. The Kier molecular flexibility index (Phi) is 5.78. The summed E-state index contributed by atoms with van der Waals surface area (Å²) in [6.45, 7) is -0.672. The second-order valence-electron chi connectivity index (χ2n) is 7.46. The van der Waals surface area contributed by atoms with E-state index >= 15 is 0 Å². The van der Waals surface area contributed by atoms with Crippen molar-refractivity contribution < 1.29 is 54.7 Å². The van der Waals surface area contributed by atoms with Crippen LogP contribution in [-0.4, -0.2) is 78.2 Å². The first-order chi connectivity index (χ1) is 15.6. The number of fused-ring (bicyclic) bond motifs is 1. The van der Waals surface area contributed by atoms with Crippen LogP contribution in [0.3, 0.4) is 0 Å². The maximum Gasteiger partial charge on any atom is 0.229 e. The summed E-state index contributed by atoms with van der Waals surface area (Å²) in [5, 5.41) is 78.5. The molecule has 0 unspecified atom stereocenters. The number of ether oxygens (including phenoxy) is 2. The number of rotatable bonds is 4. The Balaban J connectivity index is 1.75. The zero-order valence-corrected chi connectivity index (χ0v) is 16.7. The number of hydrogen-bond acceptors (Lipinski definition) is 12. The molecule has 0 amide bonds. The summed E-state index contributed by atoms with van der Waals surface area (Å²) in [5.74, 6) is -2.58. The molecule has 12 nitrogen and oxygen atoms in total. The molecular formula is C21H20O12. The van der Waals surface area contributed by atoms with Crippen molar-refractivity contribution in [3.05, 3.63) is 40.6 Å². The second-order valence-corrected chi connectivity index (χ2v) is 7.46. The number of benzene rings is 2. The van der Waals surface area contributed by atoms with Crippen LogP contribution in [0, 0.1) is 0 Å². The van der Waals surface area contributed by atoms with Gasteiger partial charge in [0.05, 0.1) is 12.2 Å². The van der Waals surface area contributed by atoms with E-state index in [0.717, 1.165) is 24.3 Å². The number of aliphatic hydroxyl groups is 4. The Bertz CT molecular complexity index is 1250. The molecule has 2 aromatic carbocycles. The average Bonchev–Trinajstić information content (AvgIpc) is 2.76. The minimum Gasteiger partial charge on any atom is -0.507 e. The van der Waals surface area contributed by atoms with Gasteiger partial charge >= 0.3 is 0 Å². The van der Waals surface area contributed by atoms with Crippen molar-refractivity contribution in [3.8, 4) is 40.1 Å². The Hall–Kier alpha value is -3.55. The van der Waals surface area contributed by atoms with Crippen LogP contribution >= 0.6 is 0 Å². The molecular weight excluding hydrogens is 444 g/mol. The zero-order chi connectivity index (χ0) is 24.0. The minimum absolute atomic E-state index is 0.121. The van der Waals surface area contributed by atoms with E-state index in [2.05, 4.69) is 0 Å². The van der Waals surface area contributed by atoms with Gasteiger partial charge < -0.3 is 54.7 Å². The Morgan fingerprint density at radius 3 is 2.21 bits per heavy atom. The molecule has 2 heterocycles. The fraction of sp³-hybridized carbons (Fsp3) is 0.286. The van der Waals surface area contributed by atoms with Gasteiger partial charge in [-0.05, 0) is 6.07 Å². The van der Waals surface area contributed by atoms with Gasteiger partial charge in [0.2, 0.25) is 6.29 Å². The fourth-order valence-corrected chi connectivity index (χ4v) is 3.51. The molecule has 176 valence electrons. The smallest absolute Gasteiger partial charge is 0.229 e. The third-order valence-electron chi connectivity index (χ3n) is 5.24. The molecule has 5 atom stereocenters. The normalized spacial score (nSPS) is 25.3. The van der Waals surface area contributed by atoms with Gasteiger partial charge in [0.25, 0.3) is 0 Å². The first-order valence-corrected chi connectivity index (χ1v) is 9.64. The van der Waals surface area contributed by atoms with Crippen molar-refractivity contribution >= 4 is 11.0 Å². The SMILES string of the molecule is O=c1cc(-c2cc(O)c(O)cc2O)oc2cc(O[C@H]3O[C@@H](CO)[C@H](O)[C@@H](O)[C@@H]3O)cc(O)c12. The van der Waals surface area contributed by atoms with E-state index in [4.69, 9.17) is 13.9 Å². The number of phenols is 4. The van der Waals surface area contributed by atoms with E-state index in [1.165, 1.54) is 6.07 Å². The number of aromatic hydroxyl groups is 4. The van der Waals surface area contributed by atoms with Crippen molar-refractivity contribution in [2.75, 3.05) is 6.61 Å². The molecule has 1 aliphatic rings. The lowest BCUT2D eigenvalue weighted by Crippen LogP contribution is -2.60. The highest BCUT2D eigenvalue weighted by atomic mass is 16.7. The molecule has 0 spiro atoms. The second kappa shape index (κ2) is 8.42. The van der Waals surface area contributed by atoms with E-state index < -0.39 is 65.7 Å². The van der Waals surface area contributed by atoms with Gasteiger partial charge in [-0.2, -0.15) is 0 Å². The van der Waals surface area contributed by atoms with Gasteiger partial charge in [-0.3, -0.25) is 4.79 Å². The quantitative estimate of drug-likeness (QED) is 0.181. The standard InChI is InChI=1S/C21H20O12/c22-6-16-18(28)19(29)20(30)21(33-16)31-7-1-12(26)17-13(27)5-14(32-15(17)2-7)8-3-10(24)11(25)4-9(8)23/h1-5,16,18-26,28-30H,6H2/t16-,18-,19+,20-,21-/m0/s1. The van der Waals surface area contributed by atoms with Crippen LogP contribution in [0.4, 0.5) is 0 Å². The Labute approximate surface area is 184 Å². The highest BCUT2D eigenvalue weighted by molar-refractivity contribution is 5.86.